The third-order valence-electron chi connectivity index (χ3n) is 2.84. The average Bonchev–Trinajstić information content (AvgIpc) is 2.85. The molecule has 0 saturated heterocycles. The third-order valence-corrected chi connectivity index (χ3v) is 2.84. The second kappa shape index (κ2) is 6.42. The van der Waals surface area contributed by atoms with Crippen LogP contribution in [0.3, 0.4) is 0 Å². The van der Waals surface area contributed by atoms with Crippen molar-refractivity contribution in [3.05, 3.63) is 42.0 Å². The number of benzene rings is 1. The second-order valence-electron chi connectivity index (χ2n) is 4.16. The molecule has 0 aliphatic heterocycles. The van der Waals surface area contributed by atoms with Crippen molar-refractivity contribution < 1.29 is 18.6 Å². The molecule has 1 atom stereocenters. The van der Waals surface area contributed by atoms with Crippen LogP contribution in [0.1, 0.15) is 24.4 Å². The first-order chi connectivity index (χ1) is 9.60. The minimum absolute atomic E-state index is 0.0218. The molecule has 0 bridgehead atoms. The molecule has 2 aromatic rings. The predicted molar refractivity (Wildman–Crippen MR) is 67.4 cm³/mol. The molecule has 108 valence electrons. The highest BCUT2D eigenvalue weighted by Crippen LogP contribution is 2.23. The molecule has 1 aromatic heterocycles. The topological polar surface area (TPSA) is 60.2 Å². The van der Waals surface area contributed by atoms with E-state index in [1.807, 2.05) is 6.92 Å². The maximum Gasteiger partial charge on any atom is 0.387 e. The summed E-state index contributed by atoms with van der Waals surface area (Å²) in [4.78, 5) is 4.06. The van der Waals surface area contributed by atoms with E-state index in [-0.39, 0.29) is 12.2 Å². The Morgan fingerprint density at radius 2 is 2.20 bits per heavy atom. The van der Waals surface area contributed by atoms with Crippen LogP contribution in [-0.4, -0.2) is 26.5 Å². The molecular formula is C13H15F2N3O2. The number of alkyl halides is 2. The van der Waals surface area contributed by atoms with E-state index in [1.165, 1.54) is 18.5 Å². The van der Waals surface area contributed by atoms with Gasteiger partial charge in [0.05, 0.1) is 6.10 Å². The van der Waals surface area contributed by atoms with Crippen LogP contribution in [0.5, 0.6) is 5.75 Å². The molecule has 0 spiro atoms. The number of hydrogen-bond donors (Lipinski definition) is 1. The van der Waals surface area contributed by atoms with E-state index in [0.717, 1.165) is 0 Å². The van der Waals surface area contributed by atoms with Crippen molar-refractivity contribution in [2.24, 2.45) is 0 Å². The molecule has 1 aromatic carbocycles. The molecule has 1 N–H and O–H groups in total. The van der Waals surface area contributed by atoms with Gasteiger partial charge in [0.25, 0.3) is 0 Å². The summed E-state index contributed by atoms with van der Waals surface area (Å²) in [5.74, 6) is 0.661. The first-order valence-electron chi connectivity index (χ1n) is 6.19. The van der Waals surface area contributed by atoms with Gasteiger partial charge < -0.3 is 9.84 Å². The second-order valence-corrected chi connectivity index (χ2v) is 4.16. The summed E-state index contributed by atoms with van der Waals surface area (Å²) in [6, 6.07) is 6.01. The summed E-state index contributed by atoms with van der Waals surface area (Å²) in [6.07, 6.45) is 0.819. The maximum atomic E-state index is 12.2. The lowest BCUT2D eigenvalue weighted by molar-refractivity contribution is -0.0499. The highest BCUT2D eigenvalue weighted by atomic mass is 19.3. The van der Waals surface area contributed by atoms with Gasteiger partial charge in [-0.3, -0.25) is 4.68 Å². The molecule has 0 fully saturated rings. The molecule has 0 aliphatic carbocycles. The zero-order valence-corrected chi connectivity index (χ0v) is 10.9. The van der Waals surface area contributed by atoms with Gasteiger partial charge in [-0.25, -0.2) is 4.98 Å². The fraction of sp³-hybridized carbons (Fsp3) is 0.385. The van der Waals surface area contributed by atoms with E-state index < -0.39 is 12.7 Å². The highest BCUT2D eigenvalue weighted by Gasteiger charge is 2.14. The van der Waals surface area contributed by atoms with Crippen molar-refractivity contribution in [2.75, 3.05) is 0 Å². The Morgan fingerprint density at radius 3 is 2.90 bits per heavy atom. The summed E-state index contributed by atoms with van der Waals surface area (Å²) >= 11 is 0. The van der Waals surface area contributed by atoms with E-state index in [1.54, 1.807) is 16.8 Å². The molecule has 5 nitrogen and oxygen atoms in total. The van der Waals surface area contributed by atoms with Gasteiger partial charge in [-0.15, -0.1) is 0 Å². The standard InChI is InChI=1S/C13H15F2N3O2/c1-2-18-12(16-8-17-18)7-11(19)9-4-3-5-10(6-9)20-13(14)15/h3-6,8,11,13,19H,2,7H2,1H3. The molecule has 0 aliphatic rings. The Labute approximate surface area is 114 Å². The van der Waals surface area contributed by atoms with Gasteiger partial charge in [-0.05, 0) is 24.6 Å². The zero-order chi connectivity index (χ0) is 14.5. The van der Waals surface area contributed by atoms with Crippen LogP contribution in [0.15, 0.2) is 30.6 Å². The molecule has 1 unspecified atom stereocenters. The fourth-order valence-corrected chi connectivity index (χ4v) is 1.90. The molecule has 0 saturated carbocycles. The maximum absolute atomic E-state index is 12.2. The normalized spacial score (nSPS) is 12.7. The number of nitrogens with zero attached hydrogens (tertiary/aromatic N) is 3. The van der Waals surface area contributed by atoms with Crippen LogP contribution >= 0.6 is 0 Å². The largest absolute Gasteiger partial charge is 0.435 e. The van der Waals surface area contributed by atoms with Crippen LogP contribution in [0.25, 0.3) is 0 Å². The van der Waals surface area contributed by atoms with Gasteiger partial charge in [-0.1, -0.05) is 12.1 Å². The summed E-state index contributed by atoms with van der Waals surface area (Å²) < 4.78 is 30.3. The Bertz CT molecular complexity index is 560. The molecular weight excluding hydrogens is 268 g/mol. The van der Waals surface area contributed by atoms with E-state index in [2.05, 4.69) is 14.8 Å². The number of aryl methyl sites for hydroxylation is 1. The number of aliphatic hydroxyl groups excluding tert-OH is 1. The van der Waals surface area contributed by atoms with Crippen LogP contribution in [-0.2, 0) is 13.0 Å². The first-order valence-corrected chi connectivity index (χ1v) is 6.19. The lowest BCUT2D eigenvalue weighted by Crippen LogP contribution is -2.10. The zero-order valence-electron chi connectivity index (χ0n) is 10.9. The van der Waals surface area contributed by atoms with Crippen molar-refractivity contribution in [3.63, 3.8) is 0 Å². The van der Waals surface area contributed by atoms with Gasteiger partial charge in [-0.2, -0.15) is 13.9 Å². The monoisotopic (exact) mass is 283 g/mol. The Kier molecular flexibility index (Phi) is 4.62. The molecule has 0 amide bonds. The smallest absolute Gasteiger partial charge is 0.387 e. The number of hydrogen-bond acceptors (Lipinski definition) is 4. The minimum Gasteiger partial charge on any atom is -0.435 e. The number of rotatable bonds is 6. The lowest BCUT2D eigenvalue weighted by Gasteiger charge is -2.12. The summed E-state index contributed by atoms with van der Waals surface area (Å²) in [5, 5.41) is 14.2. The van der Waals surface area contributed by atoms with Crippen LogP contribution in [0.4, 0.5) is 8.78 Å². The average molecular weight is 283 g/mol. The Balaban J connectivity index is 2.10. The molecule has 2 rings (SSSR count). The summed E-state index contributed by atoms with van der Waals surface area (Å²) in [7, 11) is 0. The van der Waals surface area contributed by atoms with Crippen LogP contribution in [0.2, 0.25) is 0 Å². The van der Waals surface area contributed by atoms with Gasteiger partial charge in [0.15, 0.2) is 0 Å². The van der Waals surface area contributed by atoms with Gasteiger partial charge in [0.1, 0.15) is 17.9 Å². The molecule has 7 heteroatoms. The van der Waals surface area contributed by atoms with Crippen molar-refractivity contribution in [2.45, 2.75) is 32.6 Å². The third kappa shape index (κ3) is 3.51. The van der Waals surface area contributed by atoms with E-state index in [4.69, 9.17) is 0 Å². The number of ether oxygens (including phenoxy) is 1. The molecule has 0 radical (unpaired) electrons. The van der Waals surface area contributed by atoms with Crippen molar-refractivity contribution >= 4 is 0 Å². The van der Waals surface area contributed by atoms with E-state index >= 15 is 0 Å². The van der Waals surface area contributed by atoms with Crippen molar-refractivity contribution in [3.8, 4) is 5.75 Å². The number of aliphatic hydroxyl groups is 1. The van der Waals surface area contributed by atoms with Crippen molar-refractivity contribution in [1.82, 2.24) is 14.8 Å². The van der Waals surface area contributed by atoms with Gasteiger partial charge in [0, 0.05) is 13.0 Å². The summed E-state index contributed by atoms with van der Waals surface area (Å²) in [5.41, 5.74) is 0.494. The molecule has 20 heavy (non-hydrogen) atoms. The number of aromatic nitrogens is 3. The molecule has 1 heterocycles. The van der Waals surface area contributed by atoms with Gasteiger partial charge in [0.2, 0.25) is 0 Å². The minimum atomic E-state index is -2.88. The van der Waals surface area contributed by atoms with Crippen LogP contribution in [0, 0.1) is 0 Å². The van der Waals surface area contributed by atoms with Crippen molar-refractivity contribution in [1.29, 1.82) is 0 Å². The van der Waals surface area contributed by atoms with Gasteiger partial charge >= 0.3 is 6.61 Å². The van der Waals surface area contributed by atoms with Crippen LogP contribution < -0.4 is 4.74 Å². The lowest BCUT2D eigenvalue weighted by atomic mass is 10.1. The number of halogens is 2. The predicted octanol–water partition coefficient (Wildman–Crippen LogP) is 2.18. The quantitative estimate of drug-likeness (QED) is 0.882. The first kappa shape index (κ1) is 14.4. The fourth-order valence-electron chi connectivity index (χ4n) is 1.90. The van der Waals surface area contributed by atoms with E-state index in [0.29, 0.717) is 17.9 Å². The summed E-state index contributed by atoms with van der Waals surface area (Å²) in [6.45, 7) is -0.316. The van der Waals surface area contributed by atoms with E-state index in [9.17, 15) is 13.9 Å². The SMILES string of the molecule is CCn1ncnc1CC(O)c1cccc(OC(F)F)c1. The Hall–Kier alpha value is -2.02. The Morgan fingerprint density at radius 1 is 1.40 bits per heavy atom. The highest BCUT2D eigenvalue weighted by molar-refractivity contribution is 5.30.